The molecule has 1 aromatic heterocycles. The fourth-order valence-electron chi connectivity index (χ4n) is 1.58. The second-order valence-corrected chi connectivity index (χ2v) is 4.92. The Balaban J connectivity index is 2.34. The lowest BCUT2D eigenvalue weighted by Crippen LogP contribution is -2.05. The van der Waals surface area contributed by atoms with E-state index in [1.807, 2.05) is 38.1 Å². The number of ether oxygens (including phenoxy) is 1. The fraction of sp³-hybridized carbons (Fsp3) is 0.231. The van der Waals surface area contributed by atoms with Crippen LogP contribution in [0.25, 0.3) is 11.1 Å². The van der Waals surface area contributed by atoms with Gasteiger partial charge >= 0.3 is 0 Å². The highest BCUT2D eigenvalue weighted by Gasteiger charge is 2.04. The SMILES string of the molecule is CC(C)Oc1ccc(-c2cc(Cl)n[nH]c2=S)cc1. The Morgan fingerprint density at radius 3 is 2.56 bits per heavy atom. The number of nitrogens with one attached hydrogen (secondary N) is 1. The quantitative estimate of drug-likeness (QED) is 0.854. The Labute approximate surface area is 116 Å². The third-order valence-corrected chi connectivity index (χ3v) is 2.81. The van der Waals surface area contributed by atoms with Crippen molar-refractivity contribution in [1.29, 1.82) is 0 Å². The molecule has 0 bridgehead atoms. The van der Waals surface area contributed by atoms with Crippen molar-refractivity contribution in [3.63, 3.8) is 0 Å². The molecule has 0 saturated carbocycles. The number of halogens is 1. The Hall–Kier alpha value is -1.39. The third-order valence-electron chi connectivity index (χ3n) is 2.31. The van der Waals surface area contributed by atoms with Gasteiger partial charge in [-0.25, -0.2) is 0 Å². The molecular weight excluding hydrogens is 268 g/mol. The number of benzene rings is 1. The van der Waals surface area contributed by atoms with Gasteiger partial charge in [0.25, 0.3) is 0 Å². The van der Waals surface area contributed by atoms with Crippen LogP contribution < -0.4 is 4.74 Å². The van der Waals surface area contributed by atoms with Crippen LogP contribution in [-0.4, -0.2) is 16.3 Å². The zero-order valence-corrected chi connectivity index (χ0v) is 11.7. The predicted molar refractivity (Wildman–Crippen MR) is 75.6 cm³/mol. The Bertz CT molecular complexity index is 593. The van der Waals surface area contributed by atoms with Gasteiger partial charge in [-0.05, 0) is 37.6 Å². The number of nitrogens with zero attached hydrogens (tertiary/aromatic N) is 1. The molecular formula is C13H13ClN2OS. The van der Waals surface area contributed by atoms with E-state index < -0.39 is 0 Å². The zero-order chi connectivity index (χ0) is 13.1. The number of aromatic nitrogens is 2. The lowest BCUT2D eigenvalue weighted by atomic mass is 10.1. The number of hydrogen-bond donors (Lipinski definition) is 1. The van der Waals surface area contributed by atoms with E-state index in [0.29, 0.717) is 9.79 Å². The molecule has 2 aromatic rings. The van der Waals surface area contributed by atoms with Crippen molar-refractivity contribution in [1.82, 2.24) is 10.2 Å². The van der Waals surface area contributed by atoms with E-state index >= 15 is 0 Å². The van der Waals surface area contributed by atoms with Crippen molar-refractivity contribution in [2.45, 2.75) is 20.0 Å². The molecule has 0 atom stereocenters. The lowest BCUT2D eigenvalue weighted by molar-refractivity contribution is 0.242. The first-order valence-electron chi connectivity index (χ1n) is 5.58. The molecule has 0 aliphatic rings. The number of hydrogen-bond acceptors (Lipinski definition) is 3. The Kier molecular flexibility index (Phi) is 3.99. The summed E-state index contributed by atoms with van der Waals surface area (Å²) in [7, 11) is 0. The average molecular weight is 281 g/mol. The summed E-state index contributed by atoms with van der Waals surface area (Å²) in [6.45, 7) is 3.99. The molecule has 0 unspecified atom stereocenters. The van der Waals surface area contributed by atoms with Gasteiger partial charge in [0.05, 0.1) is 6.10 Å². The first kappa shape index (κ1) is 13.1. The van der Waals surface area contributed by atoms with E-state index in [-0.39, 0.29) is 6.10 Å². The predicted octanol–water partition coefficient (Wildman–Crippen LogP) is 4.25. The molecule has 0 saturated heterocycles. The zero-order valence-electron chi connectivity index (χ0n) is 10.1. The van der Waals surface area contributed by atoms with Crippen LogP contribution in [0.2, 0.25) is 5.15 Å². The van der Waals surface area contributed by atoms with Crippen LogP contribution in [-0.2, 0) is 0 Å². The van der Waals surface area contributed by atoms with E-state index in [9.17, 15) is 0 Å². The third kappa shape index (κ3) is 3.09. The van der Waals surface area contributed by atoms with Gasteiger partial charge in [-0.2, -0.15) is 5.10 Å². The van der Waals surface area contributed by atoms with Gasteiger partial charge in [-0.1, -0.05) is 36.0 Å². The molecule has 0 aliphatic carbocycles. The summed E-state index contributed by atoms with van der Waals surface area (Å²) in [5, 5.41) is 6.94. The van der Waals surface area contributed by atoms with Crippen molar-refractivity contribution < 1.29 is 4.74 Å². The summed E-state index contributed by atoms with van der Waals surface area (Å²) in [4.78, 5) is 0. The molecule has 1 heterocycles. The Morgan fingerprint density at radius 1 is 1.28 bits per heavy atom. The highest BCUT2D eigenvalue weighted by molar-refractivity contribution is 7.71. The van der Waals surface area contributed by atoms with Gasteiger partial charge in [0, 0.05) is 5.56 Å². The highest BCUT2D eigenvalue weighted by atomic mass is 35.5. The van der Waals surface area contributed by atoms with Gasteiger partial charge in [-0.3, -0.25) is 5.10 Å². The summed E-state index contributed by atoms with van der Waals surface area (Å²) >= 11 is 11.0. The van der Waals surface area contributed by atoms with Crippen LogP contribution in [0.4, 0.5) is 0 Å². The van der Waals surface area contributed by atoms with Gasteiger partial charge in [0.15, 0.2) is 0 Å². The summed E-state index contributed by atoms with van der Waals surface area (Å²) < 4.78 is 6.15. The van der Waals surface area contributed by atoms with Gasteiger partial charge in [0.1, 0.15) is 15.5 Å². The minimum atomic E-state index is 0.161. The topological polar surface area (TPSA) is 37.9 Å². The first-order chi connectivity index (χ1) is 8.56. The highest BCUT2D eigenvalue weighted by Crippen LogP contribution is 2.24. The second kappa shape index (κ2) is 5.50. The molecule has 1 aromatic carbocycles. The summed E-state index contributed by atoms with van der Waals surface area (Å²) in [5.41, 5.74) is 1.85. The van der Waals surface area contributed by atoms with Crippen LogP contribution in [0.1, 0.15) is 13.8 Å². The van der Waals surface area contributed by atoms with Crippen LogP contribution in [0.3, 0.4) is 0 Å². The molecule has 0 fully saturated rings. The number of rotatable bonds is 3. The molecule has 18 heavy (non-hydrogen) atoms. The normalized spacial score (nSPS) is 10.7. The molecule has 0 aliphatic heterocycles. The van der Waals surface area contributed by atoms with Crippen LogP contribution in [0.15, 0.2) is 30.3 Å². The van der Waals surface area contributed by atoms with E-state index in [2.05, 4.69) is 10.2 Å². The summed E-state index contributed by atoms with van der Waals surface area (Å²) in [6, 6.07) is 9.48. The second-order valence-electron chi connectivity index (χ2n) is 4.12. The van der Waals surface area contributed by atoms with Crippen LogP contribution in [0, 0.1) is 4.64 Å². The maximum Gasteiger partial charge on any atom is 0.150 e. The van der Waals surface area contributed by atoms with Gasteiger partial charge < -0.3 is 4.74 Å². The van der Waals surface area contributed by atoms with Crippen molar-refractivity contribution >= 4 is 23.8 Å². The van der Waals surface area contributed by atoms with Gasteiger partial charge in [0.2, 0.25) is 0 Å². The van der Waals surface area contributed by atoms with E-state index in [4.69, 9.17) is 28.6 Å². The molecule has 0 radical (unpaired) electrons. The number of aromatic amines is 1. The molecule has 2 rings (SSSR count). The molecule has 3 nitrogen and oxygen atoms in total. The number of H-pyrrole nitrogens is 1. The smallest absolute Gasteiger partial charge is 0.150 e. The molecule has 1 N–H and O–H groups in total. The molecule has 0 spiro atoms. The minimum Gasteiger partial charge on any atom is -0.491 e. The lowest BCUT2D eigenvalue weighted by Gasteiger charge is -2.10. The fourth-order valence-corrected chi connectivity index (χ4v) is 1.95. The van der Waals surface area contributed by atoms with Crippen LogP contribution in [0.5, 0.6) is 5.75 Å². The van der Waals surface area contributed by atoms with Crippen molar-refractivity contribution in [3.05, 3.63) is 40.1 Å². The van der Waals surface area contributed by atoms with Crippen molar-refractivity contribution in [2.75, 3.05) is 0 Å². The van der Waals surface area contributed by atoms with E-state index in [0.717, 1.165) is 16.9 Å². The van der Waals surface area contributed by atoms with E-state index in [1.54, 1.807) is 6.07 Å². The average Bonchev–Trinajstić information content (AvgIpc) is 2.33. The van der Waals surface area contributed by atoms with Crippen LogP contribution >= 0.6 is 23.8 Å². The van der Waals surface area contributed by atoms with Crippen molar-refractivity contribution in [3.8, 4) is 16.9 Å². The summed E-state index contributed by atoms with van der Waals surface area (Å²) in [6.07, 6.45) is 0.161. The monoisotopic (exact) mass is 280 g/mol. The minimum absolute atomic E-state index is 0.161. The van der Waals surface area contributed by atoms with E-state index in [1.165, 1.54) is 0 Å². The molecule has 94 valence electrons. The summed E-state index contributed by atoms with van der Waals surface area (Å²) in [5.74, 6) is 0.837. The maximum absolute atomic E-state index is 5.85. The standard InChI is InChI=1S/C13H13ClN2OS/c1-8(2)17-10-5-3-9(4-6-10)11-7-12(14)15-16-13(11)18/h3-8H,1-2H3,(H,16,18). The maximum atomic E-state index is 5.85. The molecule has 0 amide bonds. The first-order valence-corrected chi connectivity index (χ1v) is 6.37. The largest absolute Gasteiger partial charge is 0.491 e. The Morgan fingerprint density at radius 2 is 1.94 bits per heavy atom. The molecule has 5 heteroatoms. The van der Waals surface area contributed by atoms with Crippen molar-refractivity contribution in [2.24, 2.45) is 0 Å². The van der Waals surface area contributed by atoms with Gasteiger partial charge in [-0.15, -0.1) is 0 Å².